The van der Waals surface area contributed by atoms with E-state index in [4.69, 9.17) is 5.73 Å². The van der Waals surface area contributed by atoms with Gasteiger partial charge in [0, 0.05) is 37.3 Å². The first kappa shape index (κ1) is 16.0. The Morgan fingerprint density at radius 1 is 1.33 bits per heavy atom. The molecule has 1 fully saturated rings. The molecule has 0 saturated carbocycles. The number of amides is 1. The molecule has 1 saturated heterocycles. The number of thiophene rings is 1. The van der Waals surface area contributed by atoms with Crippen molar-refractivity contribution >= 4 is 17.2 Å². The fraction of sp³-hybridized carbons (Fsp3) is 0.562. The minimum absolute atomic E-state index is 0.0971. The Morgan fingerprint density at radius 2 is 2.00 bits per heavy atom. The first-order valence-corrected chi connectivity index (χ1v) is 8.12. The van der Waals surface area contributed by atoms with Gasteiger partial charge >= 0.3 is 0 Å². The van der Waals surface area contributed by atoms with E-state index in [0.29, 0.717) is 6.54 Å². The van der Waals surface area contributed by atoms with Gasteiger partial charge in [0.2, 0.25) is 0 Å². The number of carbonyl (C=O) groups excluding carboxylic acids is 1. The first-order chi connectivity index (χ1) is 9.93. The van der Waals surface area contributed by atoms with Gasteiger partial charge < -0.3 is 10.6 Å². The molecule has 0 unspecified atom stereocenters. The Bertz CT molecular complexity index is 554. The molecule has 1 aromatic heterocycles. The van der Waals surface area contributed by atoms with Crippen LogP contribution >= 0.6 is 11.3 Å². The molecule has 2 heterocycles. The summed E-state index contributed by atoms with van der Waals surface area (Å²) in [4.78, 5) is 17.7. The van der Waals surface area contributed by atoms with Crippen molar-refractivity contribution in [3.63, 3.8) is 0 Å². The van der Waals surface area contributed by atoms with Crippen LogP contribution in [-0.4, -0.2) is 54.0 Å². The molecule has 1 aliphatic heterocycles. The van der Waals surface area contributed by atoms with Gasteiger partial charge in [0.05, 0.1) is 6.54 Å². The summed E-state index contributed by atoms with van der Waals surface area (Å²) in [6, 6.07) is 1.89. The molecule has 0 spiro atoms. The molecule has 1 amide bonds. The van der Waals surface area contributed by atoms with Gasteiger partial charge in [-0.15, -0.1) is 11.3 Å². The Labute approximate surface area is 130 Å². The molecule has 0 atom stereocenters. The molecule has 0 aromatic carbocycles. The topological polar surface area (TPSA) is 49.6 Å². The molecular weight excluding hydrogens is 282 g/mol. The lowest BCUT2D eigenvalue weighted by atomic mass is 10.0. The zero-order chi connectivity index (χ0) is 15.5. The number of piperazine rings is 1. The molecule has 1 aromatic rings. The number of rotatable bonds is 1. The lowest BCUT2D eigenvalue weighted by Gasteiger charge is -2.42. The predicted octanol–water partition coefficient (Wildman–Crippen LogP) is 1.61. The smallest absolute Gasteiger partial charge is 0.265 e. The largest absolute Gasteiger partial charge is 0.335 e. The lowest BCUT2D eigenvalue weighted by molar-refractivity contribution is 0.0454. The number of nitrogens with two attached hydrogens (primary N) is 1. The van der Waals surface area contributed by atoms with Crippen molar-refractivity contribution in [1.82, 2.24) is 9.80 Å². The third-order valence-corrected chi connectivity index (χ3v) is 4.60. The van der Waals surface area contributed by atoms with E-state index < -0.39 is 0 Å². The summed E-state index contributed by atoms with van der Waals surface area (Å²) < 4.78 is 0. The summed E-state index contributed by atoms with van der Waals surface area (Å²) in [6.07, 6.45) is 0. The summed E-state index contributed by atoms with van der Waals surface area (Å²) in [6.45, 7) is 10.3. The molecule has 2 rings (SSSR count). The fourth-order valence-electron chi connectivity index (χ4n) is 2.44. The van der Waals surface area contributed by atoms with E-state index >= 15 is 0 Å². The van der Waals surface area contributed by atoms with Gasteiger partial charge in [-0.05, 0) is 32.2 Å². The van der Waals surface area contributed by atoms with Crippen LogP contribution in [-0.2, 0) is 0 Å². The van der Waals surface area contributed by atoms with Crippen LogP contribution < -0.4 is 5.73 Å². The van der Waals surface area contributed by atoms with Crippen LogP contribution in [0.3, 0.4) is 0 Å². The van der Waals surface area contributed by atoms with Gasteiger partial charge in [0.1, 0.15) is 4.88 Å². The maximum absolute atomic E-state index is 12.6. The van der Waals surface area contributed by atoms with Crippen LogP contribution in [0, 0.1) is 11.8 Å². The van der Waals surface area contributed by atoms with Gasteiger partial charge in [-0.3, -0.25) is 9.69 Å². The number of nitrogens with zero attached hydrogens (tertiary/aromatic N) is 2. The Balaban J connectivity index is 2.04. The molecule has 4 nitrogen and oxygen atoms in total. The molecule has 1 aliphatic rings. The molecule has 0 bridgehead atoms. The van der Waals surface area contributed by atoms with E-state index in [9.17, 15) is 4.79 Å². The average Bonchev–Trinajstić information content (AvgIpc) is 2.92. The van der Waals surface area contributed by atoms with Crippen LogP contribution in [0.1, 0.15) is 36.0 Å². The second-order valence-corrected chi connectivity index (χ2v) is 7.04. The van der Waals surface area contributed by atoms with E-state index in [1.807, 2.05) is 16.3 Å². The number of hydrogen-bond donors (Lipinski definition) is 1. The number of carbonyl (C=O) groups is 1. The quantitative estimate of drug-likeness (QED) is 0.802. The zero-order valence-corrected chi connectivity index (χ0v) is 13.8. The highest BCUT2D eigenvalue weighted by Gasteiger charge is 2.29. The maximum atomic E-state index is 12.6. The Hall–Kier alpha value is -1.35. The average molecular weight is 305 g/mol. The minimum Gasteiger partial charge on any atom is -0.335 e. The molecule has 5 heteroatoms. The monoisotopic (exact) mass is 305 g/mol. The van der Waals surface area contributed by atoms with Crippen molar-refractivity contribution in [2.24, 2.45) is 5.73 Å². The van der Waals surface area contributed by atoms with Gasteiger partial charge in [0.15, 0.2) is 0 Å². The summed E-state index contributed by atoms with van der Waals surface area (Å²) >= 11 is 1.46. The van der Waals surface area contributed by atoms with Crippen molar-refractivity contribution in [3.8, 4) is 11.8 Å². The van der Waals surface area contributed by atoms with Crippen LogP contribution in [0.25, 0.3) is 0 Å². The predicted molar refractivity (Wildman–Crippen MR) is 87.5 cm³/mol. The Kier molecular flexibility index (Phi) is 5.04. The Morgan fingerprint density at radius 3 is 2.57 bits per heavy atom. The van der Waals surface area contributed by atoms with Gasteiger partial charge in [-0.2, -0.15) is 0 Å². The second kappa shape index (κ2) is 6.61. The molecular formula is C16H23N3OS. The summed E-state index contributed by atoms with van der Waals surface area (Å²) in [7, 11) is 0. The van der Waals surface area contributed by atoms with Crippen molar-refractivity contribution in [3.05, 3.63) is 21.9 Å². The maximum Gasteiger partial charge on any atom is 0.265 e. The summed E-state index contributed by atoms with van der Waals surface area (Å²) in [5.41, 5.74) is 6.36. The highest BCUT2D eigenvalue weighted by atomic mass is 32.1. The highest BCUT2D eigenvalue weighted by Crippen LogP contribution is 2.21. The first-order valence-electron chi connectivity index (χ1n) is 7.24. The van der Waals surface area contributed by atoms with Crippen molar-refractivity contribution in [2.45, 2.75) is 26.3 Å². The summed E-state index contributed by atoms with van der Waals surface area (Å²) in [5, 5.41) is 1.92. The highest BCUT2D eigenvalue weighted by molar-refractivity contribution is 7.12. The third kappa shape index (κ3) is 3.85. The molecule has 114 valence electrons. The van der Waals surface area contributed by atoms with Gasteiger partial charge in [-0.1, -0.05) is 11.8 Å². The number of hydrogen-bond acceptors (Lipinski definition) is 4. The third-order valence-electron chi connectivity index (χ3n) is 3.70. The fourth-order valence-corrected chi connectivity index (χ4v) is 3.26. The normalized spacial score (nSPS) is 16.5. The second-order valence-electron chi connectivity index (χ2n) is 6.12. The van der Waals surface area contributed by atoms with E-state index in [-0.39, 0.29) is 11.4 Å². The van der Waals surface area contributed by atoms with Crippen LogP contribution in [0.15, 0.2) is 11.4 Å². The molecule has 2 N–H and O–H groups in total. The van der Waals surface area contributed by atoms with Crippen LogP contribution in [0.2, 0.25) is 0 Å². The molecule has 0 radical (unpaired) electrons. The zero-order valence-electron chi connectivity index (χ0n) is 13.0. The SMILES string of the molecule is CC(C)(C)N1CCN(C(=O)c2sccc2C#CCN)CC1. The van der Waals surface area contributed by atoms with E-state index in [1.165, 1.54) is 11.3 Å². The minimum atomic E-state index is 0.0971. The molecule has 0 aliphatic carbocycles. The van der Waals surface area contributed by atoms with Gasteiger partial charge in [0.25, 0.3) is 5.91 Å². The van der Waals surface area contributed by atoms with Crippen molar-refractivity contribution in [2.75, 3.05) is 32.7 Å². The standard InChI is InChI=1S/C16H23N3OS/c1-16(2,3)19-10-8-18(9-11-19)15(20)14-13(5-4-7-17)6-12-21-14/h6,12H,7-11,17H2,1-3H3. The van der Waals surface area contributed by atoms with E-state index in [0.717, 1.165) is 36.6 Å². The van der Waals surface area contributed by atoms with Crippen LogP contribution in [0.4, 0.5) is 0 Å². The van der Waals surface area contributed by atoms with Crippen molar-refractivity contribution in [1.29, 1.82) is 0 Å². The van der Waals surface area contributed by atoms with E-state index in [2.05, 4.69) is 37.5 Å². The van der Waals surface area contributed by atoms with Crippen LogP contribution in [0.5, 0.6) is 0 Å². The van der Waals surface area contributed by atoms with Gasteiger partial charge in [-0.25, -0.2) is 0 Å². The lowest BCUT2D eigenvalue weighted by Crippen LogP contribution is -2.54. The molecule has 21 heavy (non-hydrogen) atoms. The van der Waals surface area contributed by atoms with Crippen molar-refractivity contribution < 1.29 is 4.79 Å². The van der Waals surface area contributed by atoms with E-state index in [1.54, 1.807) is 0 Å². The summed E-state index contributed by atoms with van der Waals surface area (Å²) in [5.74, 6) is 5.90.